The largest absolute Gasteiger partial charge is 0.457 e. The molecular weight excluding hydrogens is 387 g/mol. The lowest BCUT2D eigenvalue weighted by Crippen LogP contribution is -2.19. The molecule has 7 heteroatoms. The molecule has 0 saturated carbocycles. The third kappa shape index (κ3) is 4.13. The Balaban J connectivity index is 1.53. The normalized spacial score (nSPS) is 16.9. The van der Waals surface area contributed by atoms with Crippen molar-refractivity contribution in [1.29, 1.82) is 0 Å². The summed E-state index contributed by atoms with van der Waals surface area (Å²) in [5, 5.41) is 3.83. The molecule has 1 aliphatic rings. The highest BCUT2D eigenvalue weighted by Gasteiger charge is 2.24. The number of nitrogens with one attached hydrogen (secondary N) is 1. The van der Waals surface area contributed by atoms with Crippen molar-refractivity contribution < 1.29 is 13.6 Å². The van der Waals surface area contributed by atoms with E-state index in [1.807, 2.05) is 0 Å². The van der Waals surface area contributed by atoms with Crippen LogP contribution in [0.1, 0.15) is 5.76 Å². The molecule has 3 aromatic rings. The highest BCUT2D eigenvalue weighted by molar-refractivity contribution is 8.18. The molecule has 0 aliphatic carbocycles. The number of carbonyl (C=O) groups is 1. The summed E-state index contributed by atoms with van der Waals surface area (Å²) < 4.78 is 18.8. The topological polar surface area (TPSA) is 54.6 Å². The Morgan fingerprint density at radius 2 is 1.78 bits per heavy atom. The van der Waals surface area contributed by atoms with E-state index in [-0.39, 0.29) is 11.7 Å². The molecule has 1 aromatic heterocycles. The average molecular weight is 399 g/mol. The molecule has 2 aromatic carbocycles. The molecule has 0 unspecified atom stereocenters. The van der Waals surface area contributed by atoms with E-state index in [0.717, 1.165) is 5.56 Å². The summed E-state index contributed by atoms with van der Waals surface area (Å²) in [5.74, 6) is 0.576. The van der Waals surface area contributed by atoms with Gasteiger partial charge in [0.2, 0.25) is 0 Å². The van der Waals surface area contributed by atoms with Crippen LogP contribution in [0.4, 0.5) is 10.1 Å². The molecule has 134 valence electrons. The number of halogens is 2. The molecule has 1 saturated heterocycles. The first kappa shape index (κ1) is 17.6. The highest BCUT2D eigenvalue weighted by atomic mass is 35.5. The Hall–Kier alpha value is -2.83. The number of furan rings is 1. The number of carbonyl (C=O) groups excluding carboxylic acids is 1. The van der Waals surface area contributed by atoms with E-state index in [9.17, 15) is 9.18 Å². The third-order valence-electron chi connectivity index (χ3n) is 3.74. The zero-order valence-corrected chi connectivity index (χ0v) is 15.4. The summed E-state index contributed by atoms with van der Waals surface area (Å²) in [6.07, 6.45) is 1.65. The van der Waals surface area contributed by atoms with Crippen molar-refractivity contribution in [3.8, 4) is 11.3 Å². The number of benzene rings is 2. The molecule has 1 fully saturated rings. The van der Waals surface area contributed by atoms with Gasteiger partial charge in [-0.15, -0.1) is 0 Å². The highest BCUT2D eigenvalue weighted by Crippen LogP contribution is 2.30. The number of nitrogens with zero attached hydrogens (tertiary/aromatic N) is 1. The van der Waals surface area contributed by atoms with Gasteiger partial charge in [-0.3, -0.25) is 4.79 Å². The van der Waals surface area contributed by atoms with Crippen molar-refractivity contribution in [2.24, 2.45) is 4.99 Å². The maximum absolute atomic E-state index is 13.0. The summed E-state index contributed by atoms with van der Waals surface area (Å²) in [5.41, 5.74) is 1.45. The van der Waals surface area contributed by atoms with Gasteiger partial charge in [0.1, 0.15) is 17.3 Å². The molecular formula is C20H12ClFN2O2S. The van der Waals surface area contributed by atoms with Gasteiger partial charge < -0.3 is 9.73 Å². The van der Waals surface area contributed by atoms with Gasteiger partial charge in [-0.1, -0.05) is 11.6 Å². The van der Waals surface area contributed by atoms with Crippen LogP contribution in [-0.2, 0) is 4.79 Å². The lowest BCUT2D eigenvalue weighted by atomic mass is 10.2. The first-order valence-electron chi connectivity index (χ1n) is 7.98. The minimum atomic E-state index is -0.306. The number of hydrogen-bond donors (Lipinski definition) is 1. The number of amidine groups is 1. The SMILES string of the molecule is O=C1NC(=Nc2ccc(Cl)cc2)S/C1=C\c1ccc(-c2ccc(F)cc2)o1. The van der Waals surface area contributed by atoms with Crippen LogP contribution in [0.5, 0.6) is 0 Å². The lowest BCUT2D eigenvalue weighted by molar-refractivity contribution is -0.115. The van der Waals surface area contributed by atoms with Gasteiger partial charge in [0, 0.05) is 16.7 Å². The number of rotatable bonds is 3. The maximum Gasteiger partial charge on any atom is 0.264 e. The van der Waals surface area contributed by atoms with Crippen LogP contribution < -0.4 is 5.32 Å². The molecule has 2 heterocycles. The van der Waals surface area contributed by atoms with Crippen LogP contribution in [0.2, 0.25) is 5.02 Å². The molecule has 4 nitrogen and oxygen atoms in total. The van der Waals surface area contributed by atoms with Crippen molar-refractivity contribution in [3.05, 3.63) is 82.2 Å². The van der Waals surface area contributed by atoms with Gasteiger partial charge in [0.25, 0.3) is 5.91 Å². The predicted molar refractivity (Wildman–Crippen MR) is 106 cm³/mol. The van der Waals surface area contributed by atoms with Gasteiger partial charge in [-0.2, -0.15) is 0 Å². The third-order valence-corrected chi connectivity index (χ3v) is 4.90. The first-order chi connectivity index (χ1) is 13.1. The smallest absolute Gasteiger partial charge is 0.264 e. The van der Waals surface area contributed by atoms with Gasteiger partial charge in [-0.25, -0.2) is 9.38 Å². The fraction of sp³-hybridized carbons (Fsp3) is 0. The van der Waals surface area contributed by atoms with Crippen molar-refractivity contribution >= 4 is 46.2 Å². The molecule has 1 N–H and O–H groups in total. The summed E-state index contributed by atoms with van der Waals surface area (Å²) >= 11 is 7.08. The Bertz CT molecular complexity index is 1060. The number of thioether (sulfide) groups is 1. The fourth-order valence-electron chi connectivity index (χ4n) is 2.44. The van der Waals surface area contributed by atoms with E-state index in [1.165, 1.54) is 23.9 Å². The monoisotopic (exact) mass is 398 g/mol. The fourth-order valence-corrected chi connectivity index (χ4v) is 3.39. The second-order valence-corrected chi connectivity index (χ2v) is 7.13. The zero-order valence-electron chi connectivity index (χ0n) is 13.8. The average Bonchev–Trinajstić information content (AvgIpc) is 3.25. The summed E-state index contributed by atoms with van der Waals surface area (Å²) in [4.78, 5) is 17.0. The van der Waals surface area contributed by atoms with Crippen LogP contribution >= 0.6 is 23.4 Å². The quantitative estimate of drug-likeness (QED) is 0.581. The molecule has 27 heavy (non-hydrogen) atoms. The molecule has 1 aliphatic heterocycles. The van der Waals surface area contributed by atoms with Crippen LogP contribution in [0, 0.1) is 5.82 Å². The van der Waals surface area contributed by atoms with E-state index in [1.54, 1.807) is 54.6 Å². The number of aliphatic imine (C=N–C) groups is 1. The molecule has 0 atom stereocenters. The summed E-state index contributed by atoms with van der Waals surface area (Å²) in [7, 11) is 0. The van der Waals surface area contributed by atoms with E-state index >= 15 is 0 Å². The van der Waals surface area contributed by atoms with Gasteiger partial charge in [0.15, 0.2) is 5.17 Å². The van der Waals surface area contributed by atoms with Crippen molar-refractivity contribution in [2.75, 3.05) is 0 Å². The molecule has 0 radical (unpaired) electrons. The van der Waals surface area contributed by atoms with Crippen LogP contribution in [0.15, 0.2) is 75.0 Å². The number of hydrogen-bond acceptors (Lipinski definition) is 4. The zero-order chi connectivity index (χ0) is 18.8. The second-order valence-electron chi connectivity index (χ2n) is 5.67. The predicted octanol–water partition coefficient (Wildman–Crippen LogP) is 5.63. The van der Waals surface area contributed by atoms with Crippen LogP contribution in [-0.4, -0.2) is 11.1 Å². The second kappa shape index (κ2) is 7.42. The number of amides is 1. The Labute approximate surface area is 163 Å². The van der Waals surface area contributed by atoms with Crippen LogP contribution in [0.3, 0.4) is 0 Å². The van der Waals surface area contributed by atoms with E-state index < -0.39 is 0 Å². The molecule has 0 spiro atoms. The molecule has 4 rings (SSSR count). The van der Waals surface area contributed by atoms with Crippen molar-refractivity contribution in [2.45, 2.75) is 0 Å². The van der Waals surface area contributed by atoms with E-state index in [2.05, 4.69) is 10.3 Å². The van der Waals surface area contributed by atoms with Crippen molar-refractivity contribution in [1.82, 2.24) is 5.32 Å². The molecule has 1 amide bonds. The van der Waals surface area contributed by atoms with Crippen LogP contribution in [0.25, 0.3) is 17.4 Å². The standard InChI is InChI=1S/C20H12ClFN2O2S/c21-13-3-7-15(8-4-13)23-20-24-19(25)18(27-20)11-16-9-10-17(26-16)12-1-5-14(22)6-2-12/h1-11H,(H,23,24,25)/b18-11-. The minimum Gasteiger partial charge on any atom is -0.457 e. The van der Waals surface area contributed by atoms with Gasteiger partial charge >= 0.3 is 0 Å². The minimum absolute atomic E-state index is 0.243. The maximum atomic E-state index is 13.0. The first-order valence-corrected chi connectivity index (χ1v) is 9.17. The van der Waals surface area contributed by atoms with E-state index in [0.29, 0.717) is 32.3 Å². The lowest BCUT2D eigenvalue weighted by Gasteiger charge is -1.96. The van der Waals surface area contributed by atoms with Gasteiger partial charge in [-0.05, 0) is 72.4 Å². The Morgan fingerprint density at radius 3 is 2.52 bits per heavy atom. The van der Waals surface area contributed by atoms with E-state index in [4.69, 9.17) is 16.0 Å². The summed E-state index contributed by atoms with van der Waals surface area (Å²) in [6, 6.07) is 16.6. The Morgan fingerprint density at radius 1 is 1.04 bits per heavy atom. The van der Waals surface area contributed by atoms with Crippen molar-refractivity contribution in [3.63, 3.8) is 0 Å². The Kier molecular flexibility index (Phi) is 4.83. The molecule has 0 bridgehead atoms. The summed E-state index contributed by atoms with van der Waals surface area (Å²) in [6.45, 7) is 0. The van der Waals surface area contributed by atoms with Gasteiger partial charge in [0.05, 0.1) is 10.6 Å².